The van der Waals surface area contributed by atoms with E-state index in [0.29, 0.717) is 0 Å². The summed E-state index contributed by atoms with van der Waals surface area (Å²) in [6.07, 6.45) is 0.459. The standard InChI is InChI=1S/C20H30N2O5S/c1-15(2)22(16(3)4)20(24)17(5)27-19(23)14-21(6)28(25,26)13-12-18-10-8-7-9-11-18/h7-13,15-17H,14H2,1-6H3/b13-12+/t17-/m1/s1. The maximum atomic E-state index is 12.5. The van der Waals surface area contributed by atoms with E-state index < -0.39 is 28.6 Å². The topological polar surface area (TPSA) is 84.0 Å². The minimum absolute atomic E-state index is 0.0418. The normalized spacial score (nSPS) is 13.3. The Hall–Kier alpha value is -2.19. The second-order valence-corrected chi connectivity index (χ2v) is 9.00. The Balaban J connectivity index is 2.70. The van der Waals surface area contributed by atoms with E-state index in [4.69, 9.17) is 4.74 Å². The molecule has 1 aromatic carbocycles. The van der Waals surface area contributed by atoms with Crippen molar-refractivity contribution in [3.8, 4) is 0 Å². The number of carbonyl (C=O) groups is 2. The van der Waals surface area contributed by atoms with E-state index in [9.17, 15) is 18.0 Å². The molecule has 1 rings (SSSR count). The molecule has 0 aliphatic rings. The second-order valence-electron chi connectivity index (χ2n) is 7.08. The largest absolute Gasteiger partial charge is 0.452 e. The number of hydrogen-bond acceptors (Lipinski definition) is 5. The Morgan fingerprint density at radius 3 is 2.07 bits per heavy atom. The van der Waals surface area contributed by atoms with Crippen LogP contribution in [-0.4, -0.2) is 61.3 Å². The second kappa shape index (κ2) is 10.4. The van der Waals surface area contributed by atoms with Crippen molar-refractivity contribution in [3.63, 3.8) is 0 Å². The van der Waals surface area contributed by atoms with Gasteiger partial charge in [-0.1, -0.05) is 30.3 Å². The van der Waals surface area contributed by atoms with Crippen molar-refractivity contribution >= 4 is 28.0 Å². The van der Waals surface area contributed by atoms with Gasteiger partial charge in [-0.3, -0.25) is 9.59 Å². The average molecular weight is 411 g/mol. The first kappa shape index (κ1) is 23.8. The zero-order valence-electron chi connectivity index (χ0n) is 17.3. The molecule has 156 valence electrons. The fourth-order valence-corrected chi connectivity index (χ4v) is 3.53. The molecule has 0 N–H and O–H groups in total. The number of sulfonamides is 1. The van der Waals surface area contributed by atoms with Crippen LogP contribution < -0.4 is 0 Å². The number of esters is 1. The molecule has 0 aliphatic carbocycles. The van der Waals surface area contributed by atoms with Gasteiger partial charge in [0.25, 0.3) is 5.91 Å². The third-order valence-corrected chi connectivity index (χ3v) is 5.52. The monoisotopic (exact) mass is 410 g/mol. The molecular weight excluding hydrogens is 380 g/mol. The summed E-state index contributed by atoms with van der Waals surface area (Å²) in [6, 6.07) is 8.87. The van der Waals surface area contributed by atoms with Gasteiger partial charge in [0.15, 0.2) is 6.10 Å². The lowest BCUT2D eigenvalue weighted by Gasteiger charge is -2.32. The van der Waals surface area contributed by atoms with Crippen molar-refractivity contribution in [1.29, 1.82) is 0 Å². The summed E-state index contributed by atoms with van der Waals surface area (Å²) in [7, 11) is -2.51. The van der Waals surface area contributed by atoms with Crippen LogP contribution in [0.1, 0.15) is 40.2 Å². The summed E-state index contributed by atoms with van der Waals surface area (Å²) < 4.78 is 30.6. The van der Waals surface area contributed by atoms with E-state index in [2.05, 4.69) is 0 Å². The van der Waals surface area contributed by atoms with Gasteiger partial charge in [0.05, 0.1) is 0 Å². The van der Waals surface area contributed by atoms with Crippen molar-refractivity contribution in [3.05, 3.63) is 41.3 Å². The lowest BCUT2D eigenvalue weighted by atomic mass is 10.2. The first-order valence-electron chi connectivity index (χ1n) is 9.16. The molecule has 8 heteroatoms. The van der Waals surface area contributed by atoms with Crippen molar-refractivity contribution in [1.82, 2.24) is 9.21 Å². The number of rotatable bonds is 9. The highest BCUT2D eigenvalue weighted by Crippen LogP contribution is 2.11. The third kappa shape index (κ3) is 7.09. The van der Waals surface area contributed by atoms with Crippen molar-refractivity contribution < 1.29 is 22.7 Å². The summed E-state index contributed by atoms with van der Waals surface area (Å²) in [6.45, 7) is 8.53. The number of likely N-dealkylation sites (N-methyl/N-ethyl adjacent to an activating group) is 1. The predicted molar refractivity (Wildman–Crippen MR) is 110 cm³/mol. The summed E-state index contributed by atoms with van der Waals surface area (Å²) >= 11 is 0. The predicted octanol–water partition coefficient (Wildman–Crippen LogP) is 2.50. The Bertz CT molecular complexity index is 780. The first-order chi connectivity index (χ1) is 13.0. The molecule has 0 aromatic heterocycles. The van der Waals surface area contributed by atoms with E-state index in [1.165, 1.54) is 20.0 Å². The maximum Gasteiger partial charge on any atom is 0.322 e. The van der Waals surface area contributed by atoms with Crippen LogP contribution in [0.5, 0.6) is 0 Å². The van der Waals surface area contributed by atoms with Gasteiger partial charge in [0, 0.05) is 24.5 Å². The van der Waals surface area contributed by atoms with Crippen LogP contribution in [0.3, 0.4) is 0 Å². The van der Waals surface area contributed by atoms with Gasteiger partial charge in [0.2, 0.25) is 10.0 Å². The van der Waals surface area contributed by atoms with Crippen LogP contribution in [0.15, 0.2) is 35.7 Å². The molecule has 1 aromatic rings. The molecule has 0 bridgehead atoms. The summed E-state index contributed by atoms with van der Waals surface area (Å²) in [4.78, 5) is 26.3. The van der Waals surface area contributed by atoms with Crippen molar-refractivity contribution in [2.24, 2.45) is 0 Å². The molecule has 28 heavy (non-hydrogen) atoms. The fourth-order valence-electron chi connectivity index (χ4n) is 2.70. The number of hydrogen-bond donors (Lipinski definition) is 0. The van der Waals surface area contributed by atoms with Crippen molar-refractivity contribution in [2.45, 2.75) is 52.8 Å². The number of carbonyl (C=O) groups excluding carboxylic acids is 2. The highest BCUT2D eigenvalue weighted by Gasteiger charge is 2.28. The molecule has 0 saturated carbocycles. The summed E-state index contributed by atoms with van der Waals surface area (Å²) in [5.74, 6) is -1.10. The molecular formula is C20H30N2O5S. The van der Waals surface area contributed by atoms with Crippen LogP contribution >= 0.6 is 0 Å². The minimum atomic E-state index is -3.80. The van der Waals surface area contributed by atoms with Gasteiger partial charge >= 0.3 is 5.97 Å². The SMILES string of the molecule is CC(C)N(C(=O)[C@@H](C)OC(=O)CN(C)S(=O)(=O)/C=C/c1ccccc1)C(C)C. The lowest BCUT2D eigenvalue weighted by Crippen LogP contribution is -2.48. The molecule has 0 spiro atoms. The molecule has 1 atom stereocenters. The minimum Gasteiger partial charge on any atom is -0.452 e. The van der Waals surface area contributed by atoms with E-state index in [-0.39, 0.29) is 18.0 Å². The van der Waals surface area contributed by atoms with Gasteiger partial charge in [-0.25, -0.2) is 8.42 Å². The van der Waals surface area contributed by atoms with E-state index >= 15 is 0 Å². The summed E-state index contributed by atoms with van der Waals surface area (Å²) in [5, 5.41) is 1.03. The van der Waals surface area contributed by atoms with Crippen LogP contribution in [0, 0.1) is 0 Å². The van der Waals surface area contributed by atoms with Gasteiger partial charge in [-0.2, -0.15) is 4.31 Å². The smallest absolute Gasteiger partial charge is 0.322 e. The van der Waals surface area contributed by atoms with Crippen molar-refractivity contribution in [2.75, 3.05) is 13.6 Å². The van der Waals surface area contributed by atoms with Crippen LogP contribution in [0.2, 0.25) is 0 Å². The Morgan fingerprint density at radius 1 is 1.04 bits per heavy atom. The molecule has 0 heterocycles. The number of amides is 1. The highest BCUT2D eigenvalue weighted by molar-refractivity contribution is 7.92. The Morgan fingerprint density at radius 2 is 1.57 bits per heavy atom. The molecule has 0 radical (unpaired) electrons. The molecule has 7 nitrogen and oxygen atoms in total. The van der Waals surface area contributed by atoms with Gasteiger partial charge in [-0.05, 0) is 46.3 Å². The summed E-state index contributed by atoms with van der Waals surface area (Å²) in [5.41, 5.74) is 0.726. The van der Waals surface area contributed by atoms with Crippen LogP contribution in [0.25, 0.3) is 6.08 Å². The lowest BCUT2D eigenvalue weighted by molar-refractivity contribution is -0.160. The highest BCUT2D eigenvalue weighted by atomic mass is 32.2. The van der Waals surface area contributed by atoms with E-state index in [1.807, 2.05) is 33.8 Å². The van der Waals surface area contributed by atoms with Crippen LogP contribution in [-0.2, 0) is 24.3 Å². The average Bonchev–Trinajstić information content (AvgIpc) is 2.60. The fraction of sp³-hybridized carbons (Fsp3) is 0.500. The quantitative estimate of drug-likeness (QED) is 0.584. The molecule has 0 fully saturated rings. The van der Waals surface area contributed by atoms with E-state index in [0.717, 1.165) is 15.3 Å². The van der Waals surface area contributed by atoms with Gasteiger partial charge in [-0.15, -0.1) is 0 Å². The Kier molecular flexibility index (Phi) is 8.84. The van der Waals surface area contributed by atoms with Gasteiger partial charge < -0.3 is 9.64 Å². The van der Waals surface area contributed by atoms with Gasteiger partial charge in [0.1, 0.15) is 6.54 Å². The maximum absolute atomic E-state index is 12.5. The number of ether oxygens (including phenoxy) is 1. The number of benzene rings is 1. The molecule has 0 aliphatic heterocycles. The molecule has 1 amide bonds. The zero-order chi connectivity index (χ0) is 21.5. The number of nitrogens with zero attached hydrogens (tertiary/aromatic N) is 2. The third-order valence-electron chi connectivity index (χ3n) is 4.04. The molecule has 0 saturated heterocycles. The van der Waals surface area contributed by atoms with Crippen LogP contribution in [0.4, 0.5) is 0 Å². The first-order valence-corrected chi connectivity index (χ1v) is 10.7. The molecule has 0 unspecified atom stereocenters. The Labute approximate surface area is 168 Å². The zero-order valence-corrected chi connectivity index (χ0v) is 18.1. The van der Waals surface area contributed by atoms with E-state index in [1.54, 1.807) is 29.2 Å².